The average molecular weight is 386 g/mol. The molecule has 1 amide bonds. The second kappa shape index (κ2) is 7.73. The van der Waals surface area contributed by atoms with Crippen LogP contribution < -0.4 is 0 Å². The molecule has 6 heteroatoms. The maximum absolute atomic E-state index is 13.8. The van der Waals surface area contributed by atoms with Crippen LogP contribution in [0.4, 0.5) is 4.39 Å². The predicted molar refractivity (Wildman–Crippen MR) is 87.4 cm³/mol. The topological polar surface area (TPSA) is 38.8 Å². The maximum Gasteiger partial charge on any atom is 0.222 e. The van der Waals surface area contributed by atoms with E-state index in [-0.39, 0.29) is 18.0 Å². The zero-order chi connectivity index (χ0) is 16.2. The van der Waals surface area contributed by atoms with Crippen molar-refractivity contribution < 1.29 is 18.7 Å². The maximum atomic E-state index is 13.8. The number of rotatable bonds is 4. The highest BCUT2D eigenvalue weighted by Crippen LogP contribution is 2.26. The van der Waals surface area contributed by atoms with Crippen LogP contribution in [0.2, 0.25) is 0 Å². The van der Waals surface area contributed by atoms with Crippen molar-refractivity contribution in [2.45, 2.75) is 32.0 Å². The summed E-state index contributed by atoms with van der Waals surface area (Å²) in [5.41, 5.74) is 0.587. The molecule has 2 aliphatic heterocycles. The number of likely N-dealkylation sites (tertiary alicyclic amines) is 1. The molecule has 0 atom stereocenters. The zero-order valence-corrected chi connectivity index (χ0v) is 14.6. The largest absolute Gasteiger partial charge is 0.350 e. The van der Waals surface area contributed by atoms with Gasteiger partial charge in [-0.3, -0.25) is 4.79 Å². The Balaban J connectivity index is 1.46. The number of amides is 1. The smallest absolute Gasteiger partial charge is 0.222 e. The number of halogens is 2. The van der Waals surface area contributed by atoms with Crippen LogP contribution in [-0.4, -0.2) is 43.4 Å². The third kappa shape index (κ3) is 4.31. The van der Waals surface area contributed by atoms with Crippen LogP contribution in [0.1, 0.15) is 24.8 Å². The van der Waals surface area contributed by atoms with Gasteiger partial charge < -0.3 is 14.4 Å². The predicted octanol–water partition coefficient (Wildman–Crippen LogP) is 3.13. The number of carbonyl (C=O) groups excluding carboxylic acids is 1. The van der Waals surface area contributed by atoms with Crippen molar-refractivity contribution in [3.8, 4) is 0 Å². The summed E-state index contributed by atoms with van der Waals surface area (Å²) in [6.07, 6.45) is 2.50. The Bertz CT molecular complexity index is 555. The van der Waals surface area contributed by atoms with Gasteiger partial charge in [-0.15, -0.1) is 0 Å². The molecule has 23 heavy (non-hydrogen) atoms. The lowest BCUT2D eigenvalue weighted by atomic mass is 9.95. The van der Waals surface area contributed by atoms with E-state index in [0.717, 1.165) is 25.9 Å². The minimum atomic E-state index is -0.263. The fourth-order valence-corrected chi connectivity index (χ4v) is 3.53. The Morgan fingerprint density at radius 2 is 1.96 bits per heavy atom. The van der Waals surface area contributed by atoms with Gasteiger partial charge in [-0.25, -0.2) is 4.39 Å². The molecule has 0 saturated carbocycles. The summed E-state index contributed by atoms with van der Waals surface area (Å²) in [6, 6.07) is 4.97. The Hall–Kier alpha value is -0.980. The van der Waals surface area contributed by atoms with Gasteiger partial charge in [0.05, 0.1) is 13.2 Å². The molecule has 1 aromatic carbocycles. The van der Waals surface area contributed by atoms with Crippen molar-refractivity contribution in [3.05, 3.63) is 34.1 Å². The SMILES string of the molecule is O=C(CCc1ccc(Br)cc1F)N1CCC(C2OCCO2)CC1. The molecule has 3 rings (SSSR count). The van der Waals surface area contributed by atoms with Crippen molar-refractivity contribution in [1.29, 1.82) is 0 Å². The van der Waals surface area contributed by atoms with E-state index >= 15 is 0 Å². The fourth-order valence-electron chi connectivity index (χ4n) is 3.19. The molecule has 0 N–H and O–H groups in total. The van der Waals surface area contributed by atoms with Gasteiger partial charge >= 0.3 is 0 Å². The number of piperidine rings is 1. The molecule has 0 spiro atoms. The van der Waals surface area contributed by atoms with E-state index in [2.05, 4.69) is 15.9 Å². The number of nitrogens with zero attached hydrogens (tertiary/aromatic N) is 1. The number of hydrogen-bond donors (Lipinski definition) is 0. The van der Waals surface area contributed by atoms with E-state index in [1.807, 2.05) is 4.90 Å². The van der Waals surface area contributed by atoms with Crippen LogP contribution in [0, 0.1) is 11.7 Å². The molecule has 2 fully saturated rings. The summed E-state index contributed by atoms with van der Waals surface area (Å²) in [5.74, 6) is 0.214. The van der Waals surface area contributed by atoms with E-state index < -0.39 is 0 Å². The molecular formula is C17H21BrFNO3. The van der Waals surface area contributed by atoms with Crippen molar-refractivity contribution in [2.24, 2.45) is 5.92 Å². The van der Waals surface area contributed by atoms with Gasteiger partial charge in [0, 0.05) is 29.9 Å². The fraction of sp³-hybridized carbons (Fsp3) is 0.588. The number of benzene rings is 1. The Labute approximate surface area is 144 Å². The minimum Gasteiger partial charge on any atom is -0.350 e. The first-order valence-electron chi connectivity index (χ1n) is 8.08. The molecule has 2 aliphatic rings. The molecule has 0 unspecified atom stereocenters. The van der Waals surface area contributed by atoms with Gasteiger partial charge in [-0.05, 0) is 37.0 Å². The summed E-state index contributed by atoms with van der Waals surface area (Å²) >= 11 is 3.24. The molecule has 0 aromatic heterocycles. The van der Waals surface area contributed by atoms with Crippen molar-refractivity contribution in [2.75, 3.05) is 26.3 Å². The molecule has 126 valence electrons. The van der Waals surface area contributed by atoms with Crippen LogP contribution in [0.3, 0.4) is 0 Å². The van der Waals surface area contributed by atoms with Crippen LogP contribution >= 0.6 is 15.9 Å². The number of carbonyl (C=O) groups is 1. The Morgan fingerprint density at radius 3 is 2.61 bits per heavy atom. The Kier molecular flexibility index (Phi) is 5.67. The molecule has 1 aromatic rings. The van der Waals surface area contributed by atoms with Crippen LogP contribution in [0.25, 0.3) is 0 Å². The molecule has 2 saturated heterocycles. The average Bonchev–Trinajstić information content (AvgIpc) is 3.08. The third-order valence-corrected chi connectivity index (χ3v) is 5.04. The summed E-state index contributed by atoms with van der Waals surface area (Å²) < 4.78 is 25.6. The van der Waals surface area contributed by atoms with E-state index in [9.17, 15) is 9.18 Å². The van der Waals surface area contributed by atoms with Crippen molar-refractivity contribution in [3.63, 3.8) is 0 Å². The van der Waals surface area contributed by atoms with Crippen molar-refractivity contribution in [1.82, 2.24) is 4.90 Å². The number of hydrogen-bond acceptors (Lipinski definition) is 3. The van der Waals surface area contributed by atoms with Crippen LogP contribution in [-0.2, 0) is 20.7 Å². The van der Waals surface area contributed by atoms with Gasteiger partial charge in [0.25, 0.3) is 0 Å². The molecular weight excluding hydrogens is 365 g/mol. The monoisotopic (exact) mass is 385 g/mol. The zero-order valence-electron chi connectivity index (χ0n) is 13.0. The molecule has 0 bridgehead atoms. The first-order valence-corrected chi connectivity index (χ1v) is 8.87. The van der Waals surface area contributed by atoms with Gasteiger partial charge in [-0.2, -0.15) is 0 Å². The lowest BCUT2D eigenvalue weighted by Gasteiger charge is -2.34. The standard InChI is InChI=1S/C17H21BrFNO3/c18-14-3-1-12(15(19)11-14)2-4-16(21)20-7-5-13(6-8-20)17-22-9-10-23-17/h1,3,11,13,17H,2,4-10H2. The highest BCUT2D eigenvalue weighted by molar-refractivity contribution is 9.10. The van der Waals surface area contributed by atoms with E-state index in [0.29, 0.717) is 42.0 Å². The van der Waals surface area contributed by atoms with E-state index in [1.54, 1.807) is 12.1 Å². The van der Waals surface area contributed by atoms with Crippen LogP contribution in [0.15, 0.2) is 22.7 Å². The summed E-state index contributed by atoms with van der Waals surface area (Å²) in [5, 5.41) is 0. The first kappa shape index (κ1) is 16.9. The van der Waals surface area contributed by atoms with Gasteiger partial charge in [0.15, 0.2) is 6.29 Å². The van der Waals surface area contributed by atoms with Gasteiger partial charge in [0.2, 0.25) is 5.91 Å². The second-order valence-corrected chi connectivity index (χ2v) is 6.98. The summed E-state index contributed by atoms with van der Waals surface area (Å²) in [6.45, 7) is 2.80. The van der Waals surface area contributed by atoms with Crippen LogP contribution in [0.5, 0.6) is 0 Å². The highest BCUT2D eigenvalue weighted by atomic mass is 79.9. The normalized spacial score (nSPS) is 20.2. The summed E-state index contributed by atoms with van der Waals surface area (Å²) in [4.78, 5) is 14.2. The molecule has 4 nitrogen and oxygen atoms in total. The Morgan fingerprint density at radius 1 is 1.26 bits per heavy atom. The second-order valence-electron chi connectivity index (χ2n) is 6.06. The number of ether oxygens (including phenoxy) is 2. The first-order chi connectivity index (χ1) is 11.1. The molecule has 0 aliphatic carbocycles. The summed E-state index contributed by atoms with van der Waals surface area (Å²) in [7, 11) is 0. The lowest BCUT2D eigenvalue weighted by molar-refractivity contribution is -0.136. The quantitative estimate of drug-likeness (QED) is 0.798. The lowest BCUT2D eigenvalue weighted by Crippen LogP contribution is -2.41. The third-order valence-electron chi connectivity index (χ3n) is 4.55. The van der Waals surface area contributed by atoms with Gasteiger partial charge in [0.1, 0.15) is 5.82 Å². The van der Waals surface area contributed by atoms with Crippen molar-refractivity contribution >= 4 is 21.8 Å². The minimum absolute atomic E-state index is 0.0934. The van der Waals surface area contributed by atoms with E-state index in [1.165, 1.54) is 6.07 Å². The molecule has 2 heterocycles. The van der Waals surface area contributed by atoms with Gasteiger partial charge in [-0.1, -0.05) is 22.0 Å². The number of aryl methyl sites for hydroxylation is 1. The molecule has 0 radical (unpaired) electrons. The highest BCUT2D eigenvalue weighted by Gasteiger charge is 2.31. The van der Waals surface area contributed by atoms with E-state index in [4.69, 9.17) is 9.47 Å².